The van der Waals surface area contributed by atoms with Gasteiger partial charge in [-0.05, 0) is 44.2 Å². The molecule has 1 aromatic heterocycles. The lowest BCUT2D eigenvalue weighted by atomic mass is 10.0. The fraction of sp³-hybridized carbons (Fsp3) is 0.722. The summed E-state index contributed by atoms with van der Waals surface area (Å²) in [6.07, 6.45) is 5.29. The molecule has 2 unspecified atom stereocenters. The number of thiophene rings is 1. The first-order valence-electron chi connectivity index (χ1n) is 8.92. The zero-order valence-corrected chi connectivity index (χ0v) is 18.4. The Bertz CT molecular complexity index is 464. The van der Waals surface area contributed by atoms with Crippen LogP contribution in [0.4, 0.5) is 0 Å². The van der Waals surface area contributed by atoms with Crippen molar-refractivity contribution < 1.29 is 0 Å². The van der Waals surface area contributed by atoms with Gasteiger partial charge in [-0.15, -0.1) is 35.3 Å². The van der Waals surface area contributed by atoms with Crippen molar-refractivity contribution in [1.29, 1.82) is 0 Å². The van der Waals surface area contributed by atoms with Gasteiger partial charge in [-0.2, -0.15) is 0 Å². The van der Waals surface area contributed by atoms with Crippen LogP contribution in [0.1, 0.15) is 50.3 Å². The Kier molecular flexibility index (Phi) is 10.9. The van der Waals surface area contributed by atoms with Crippen LogP contribution in [0.2, 0.25) is 0 Å². The van der Waals surface area contributed by atoms with Gasteiger partial charge in [0.05, 0.1) is 0 Å². The largest absolute Gasteiger partial charge is 0.356 e. The van der Waals surface area contributed by atoms with Gasteiger partial charge in [-0.25, -0.2) is 0 Å². The molecule has 0 aromatic carbocycles. The molecule has 0 bridgehead atoms. The maximum Gasteiger partial charge on any atom is 0.190 e. The van der Waals surface area contributed by atoms with E-state index < -0.39 is 0 Å². The highest BCUT2D eigenvalue weighted by molar-refractivity contribution is 14.0. The predicted octanol–water partition coefficient (Wildman–Crippen LogP) is 3.90. The third-order valence-corrected chi connectivity index (χ3v) is 5.79. The standard InChI is InChI=1S/C18H32N4S.HI/c1-15(17-9-6-13-23-17)14-21-18(19-3)20-10-7-12-22-11-5-4-8-16(22)2;/h6,9,13,15-16H,4-5,7-8,10-12,14H2,1-3H3,(H2,19,20,21);1H. The smallest absolute Gasteiger partial charge is 0.190 e. The summed E-state index contributed by atoms with van der Waals surface area (Å²) in [6.45, 7) is 8.98. The zero-order chi connectivity index (χ0) is 16.5. The summed E-state index contributed by atoms with van der Waals surface area (Å²) >= 11 is 1.82. The van der Waals surface area contributed by atoms with Crippen molar-refractivity contribution in [3.05, 3.63) is 22.4 Å². The minimum atomic E-state index is 0. The van der Waals surface area contributed by atoms with Gasteiger partial charge < -0.3 is 15.5 Å². The minimum Gasteiger partial charge on any atom is -0.356 e. The molecular formula is C18H33IN4S. The van der Waals surface area contributed by atoms with E-state index in [0.717, 1.165) is 25.1 Å². The summed E-state index contributed by atoms with van der Waals surface area (Å²) in [5, 5.41) is 9.02. The molecule has 0 aliphatic carbocycles. The molecule has 138 valence electrons. The highest BCUT2D eigenvalue weighted by Crippen LogP contribution is 2.19. The lowest BCUT2D eigenvalue weighted by molar-refractivity contribution is 0.159. The molecule has 4 nitrogen and oxygen atoms in total. The first-order valence-corrected chi connectivity index (χ1v) is 9.80. The van der Waals surface area contributed by atoms with E-state index in [1.54, 1.807) is 0 Å². The number of aliphatic imine (C=N–C) groups is 1. The van der Waals surface area contributed by atoms with Crippen molar-refractivity contribution in [2.75, 3.05) is 33.2 Å². The van der Waals surface area contributed by atoms with Gasteiger partial charge >= 0.3 is 0 Å². The second-order valence-electron chi connectivity index (χ2n) is 6.53. The number of nitrogens with one attached hydrogen (secondary N) is 2. The molecule has 0 amide bonds. The van der Waals surface area contributed by atoms with Crippen molar-refractivity contribution in [3.63, 3.8) is 0 Å². The topological polar surface area (TPSA) is 39.7 Å². The highest BCUT2D eigenvalue weighted by atomic mass is 127. The SMILES string of the molecule is CN=C(NCCCN1CCCCC1C)NCC(C)c1cccs1.I. The fourth-order valence-corrected chi connectivity index (χ4v) is 3.91. The number of nitrogens with zero attached hydrogens (tertiary/aromatic N) is 2. The molecule has 0 saturated carbocycles. The van der Waals surface area contributed by atoms with Gasteiger partial charge in [-0.1, -0.05) is 19.4 Å². The molecular weight excluding hydrogens is 431 g/mol. The van der Waals surface area contributed by atoms with Gasteiger partial charge in [0, 0.05) is 43.5 Å². The van der Waals surface area contributed by atoms with Gasteiger partial charge in [-0.3, -0.25) is 4.99 Å². The maximum atomic E-state index is 4.32. The van der Waals surface area contributed by atoms with E-state index in [1.807, 2.05) is 18.4 Å². The second kappa shape index (κ2) is 12.1. The van der Waals surface area contributed by atoms with Gasteiger partial charge in [0.2, 0.25) is 0 Å². The zero-order valence-electron chi connectivity index (χ0n) is 15.3. The highest BCUT2D eigenvalue weighted by Gasteiger charge is 2.17. The molecule has 2 heterocycles. The average molecular weight is 464 g/mol. The van der Waals surface area contributed by atoms with Crippen molar-refractivity contribution in [2.24, 2.45) is 4.99 Å². The number of guanidine groups is 1. The van der Waals surface area contributed by atoms with Crippen molar-refractivity contribution >= 4 is 41.3 Å². The average Bonchev–Trinajstić information content (AvgIpc) is 3.10. The lowest BCUT2D eigenvalue weighted by Gasteiger charge is -2.33. The Hall–Kier alpha value is -0.340. The molecule has 2 rings (SSSR count). The summed E-state index contributed by atoms with van der Waals surface area (Å²) in [7, 11) is 1.85. The van der Waals surface area contributed by atoms with E-state index in [2.05, 4.69) is 51.9 Å². The number of likely N-dealkylation sites (tertiary alicyclic amines) is 1. The number of hydrogen-bond donors (Lipinski definition) is 2. The molecule has 0 spiro atoms. The van der Waals surface area contributed by atoms with E-state index >= 15 is 0 Å². The van der Waals surface area contributed by atoms with Crippen molar-refractivity contribution in [2.45, 2.75) is 51.5 Å². The van der Waals surface area contributed by atoms with E-state index in [4.69, 9.17) is 0 Å². The number of hydrogen-bond acceptors (Lipinski definition) is 3. The Balaban J connectivity index is 0.00000288. The number of piperidine rings is 1. The van der Waals surface area contributed by atoms with E-state index in [-0.39, 0.29) is 24.0 Å². The molecule has 1 aliphatic heterocycles. The van der Waals surface area contributed by atoms with Crippen LogP contribution in [0, 0.1) is 0 Å². The summed E-state index contributed by atoms with van der Waals surface area (Å²) in [5.74, 6) is 1.43. The molecule has 1 saturated heterocycles. The number of halogens is 1. The fourth-order valence-electron chi connectivity index (χ4n) is 3.12. The molecule has 24 heavy (non-hydrogen) atoms. The Morgan fingerprint density at radius 3 is 2.92 bits per heavy atom. The number of rotatable bonds is 7. The summed E-state index contributed by atoms with van der Waals surface area (Å²) in [4.78, 5) is 8.37. The summed E-state index contributed by atoms with van der Waals surface area (Å²) in [5.41, 5.74) is 0. The van der Waals surface area contributed by atoms with Crippen LogP contribution in [-0.4, -0.2) is 50.1 Å². The molecule has 0 radical (unpaired) electrons. The lowest BCUT2D eigenvalue weighted by Crippen LogP contribution is -2.42. The van der Waals surface area contributed by atoms with E-state index in [9.17, 15) is 0 Å². The quantitative estimate of drug-likeness (QED) is 0.278. The van der Waals surface area contributed by atoms with Gasteiger partial charge in [0.25, 0.3) is 0 Å². The third kappa shape index (κ3) is 7.27. The van der Waals surface area contributed by atoms with Crippen LogP contribution in [0.15, 0.2) is 22.5 Å². The Morgan fingerprint density at radius 1 is 1.42 bits per heavy atom. The van der Waals surface area contributed by atoms with E-state index in [1.165, 1.54) is 43.6 Å². The maximum absolute atomic E-state index is 4.32. The predicted molar refractivity (Wildman–Crippen MR) is 117 cm³/mol. The Morgan fingerprint density at radius 2 is 2.25 bits per heavy atom. The molecule has 6 heteroatoms. The van der Waals surface area contributed by atoms with Crippen LogP contribution in [-0.2, 0) is 0 Å². The molecule has 1 aliphatic rings. The normalized spacial score (nSPS) is 20.3. The van der Waals surface area contributed by atoms with Crippen molar-refractivity contribution in [3.8, 4) is 0 Å². The second-order valence-corrected chi connectivity index (χ2v) is 7.51. The summed E-state index contributed by atoms with van der Waals surface area (Å²) in [6, 6.07) is 5.07. The molecule has 1 fully saturated rings. The van der Waals surface area contributed by atoms with Crippen LogP contribution in [0.3, 0.4) is 0 Å². The minimum absolute atomic E-state index is 0. The Labute approximate surface area is 168 Å². The summed E-state index contributed by atoms with van der Waals surface area (Å²) < 4.78 is 0. The van der Waals surface area contributed by atoms with Crippen LogP contribution in [0.5, 0.6) is 0 Å². The van der Waals surface area contributed by atoms with Crippen LogP contribution >= 0.6 is 35.3 Å². The first-order chi connectivity index (χ1) is 11.2. The van der Waals surface area contributed by atoms with Crippen LogP contribution in [0.25, 0.3) is 0 Å². The van der Waals surface area contributed by atoms with Crippen molar-refractivity contribution in [1.82, 2.24) is 15.5 Å². The monoisotopic (exact) mass is 464 g/mol. The first kappa shape index (κ1) is 21.7. The molecule has 2 N–H and O–H groups in total. The van der Waals surface area contributed by atoms with Crippen LogP contribution < -0.4 is 10.6 Å². The molecule has 1 aromatic rings. The van der Waals surface area contributed by atoms with Gasteiger partial charge in [0.15, 0.2) is 5.96 Å². The van der Waals surface area contributed by atoms with E-state index in [0.29, 0.717) is 5.92 Å². The van der Waals surface area contributed by atoms with Gasteiger partial charge in [0.1, 0.15) is 0 Å². The molecule has 2 atom stereocenters. The third-order valence-electron chi connectivity index (χ3n) is 4.68.